The Morgan fingerprint density at radius 3 is 2.95 bits per heavy atom. The van der Waals surface area contributed by atoms with E-state index in [-0.39, 0.29) is 5.82 Å². The van der Waals surface area contributed by atoms with Crippen LogP contribution >= 0.6 is 11.9 Å². The molecular weight excluding hydrogens is 292 g/mol. The van der Waals surface area contributed by atoms with E-state index in [1.165, 1.54) is 42.0 Å². The van der Waals surface area contributed by atoms with E-state index in [0.29, 0.717) is 5.82 Å². The van der Waals surface area contributed by atoms with Crippen LogP contribution in [0.4, 0.5) is 5.82 Å². The summed E-state index contributed by atoms with van der Waals surface area (Å²) >= 11 is 1.43. The number of imidazole rings is 1. The molecule has 9 heteroatoms. The van der Waals surface area contributed by atoms with Crippen LogP contribution in [0.3, 0.4) is 0 Å². The SMILES string of the molecule is CCCCCCNN1NC=C(c2ncc([N+](=O)[O-])n2C)S1. The maximum absolute atomic E-state index is 10.8. The largest absolute Gasteiger partial charge is 0.358 e. The van der Waals surface area contributed by atoms with Gasteiger partial charge in [-0.2, -0.15) is 0 Å². The quantitative estimate of drug-likeness (QED) is 0.329. The van der Waals surface area contributed by atoms with Gasteiger partial charge in [0.2, 0.25) is 5.82 Å². The Kier molecular flexibility index (Phi) is 5.59. The molecule has 116 valence electrons. The normalized spacial score (nSPS) is 15.0. The maximum atomic E-state index is 10.8. The molecule has 1 aliphatic heterocycles. The molecule has 1 aromatic heterocycles. The molecule has 0 bridgehead atoms. The third-order valence-corrected chi connectivity index (χ3v) is 4.07. The molecule has 0 amide bonds. The maximum Gasteiger partial charge on any atom is 0.342 e. The van der Waals surface area contributed by atoms with Crippen LogP contribution < -0.4 is 10.9 Å². The number of rotatable bonds is 8. The molecule has 0 fully saturated rings. The first-order valence-electron chi connectivity index (χ1n) is 6.98. The first-order valence-corrected chi connectivity index (χ1v) is 7.75. The van der Waals surface area contributed by atoms with Crippen LogP contribution in [-0.4, -0.2) is 25.5 Å². The van der Waals surface area contributed by atoms with Crippen molar-refractivity contribution in [3.63, 3.8) is 0 Å². The van der Waals surface area contributed by atoms with Gasteiger partial charge in [-0.15, -0.1) is 0 Å². The zero-order valence-corrected chi connectivity index (χ0v) is 13.0. The van der Waals surface area contributed by atoms with Crippen LogP contribution in [0.2, 0.25) is 0 Å². The van der Waals surface area contributed by atoms with E-state index in [1.54, 1.807) is 17.8 Å². The predicted molar refractivity (Wildman–Crippen MR) is 82.5 cm³/mol. The third-order valence-electron chi connectivity index (χ3n) is 3.16. The fourth-order valence-electron chi connectivity index (χ4n) is 1.98. The van der Waals surface area contributed by atoms with Crippen LogP contribution in [0.15, 0.2) is 12.4 Å². The lowest BCUT2D eigenvalue weighted by Gasteiger charge is -2.15. The molecule has 0 saturated carbocycles. The molecule has 1 aromatic rings. The lowest BCUT2D eigenvalue weighted by molar-refractivity contribution is -0.391. The molecule has 2 rings (SSSR count). The summed E-state index contributed by atoms with van der Waals surface area (Å²) in [4.78, 5) is 15.3. The lowest BCUT2D eigenvalue weighted by Crippen LogP contribution is -2.38. The third kappa shape index (κ3) is 3.96. The standard InChI is InChI=1S/C12H20N6O2S/c1-3-4-5-6-7-14-18-15-8-10(21-18)12-13-9-11(16(12)2)17(19)20/h8-9,14-15H,3-7H2,1-2H3. The van der Waals surface area contributed by atoms with Crippen LogP contribution in [0, 0.1) is 10.1 Å². The van der Waals surface area contributed by atoms with E-state index in [2.05, 4.69) is 22.8 Å². The van der Waals surface area contributed by atoms with Crippen molar-refractivity contribution in [2.45, 2.75) is 32.6 Å². The highest BCUT2D eigenvalue weighted by Gasteiger charge is 2.25. The Hall–Kier alpha value is -1.58. The Morgan fingerprint density at radius 2 is 2.29 bits per heavy atom. The number of nitro groups is 1. The summed E-state index contributed by atoms with van der Waals surface area (Å²) in [7, 11) is 1.64. The minimum atomic E-state index is -0.437. The number of hydrazine groups is 2. The molecule has 2 N–H and O–H groups in total. The van der Waals surface area contributed by atoms with Crippen molar-refractivity contribution in [2.24, 2.45) is 7.05 Å². The zero-order valence-electron chi connectivity index (χ0n) is 12.2. The van der Waals surface area contributed by atoms with Gasteiger partial charge in [-0.25, -0.2) is 15.0 Å². The van der Waals surface area contributed by atoms with Crippen molar-refractivity contribution < 1.29 is 4.92 Å². The number of unbranched alkanes of at least 4 members (excludes halogenated alkanes) is 3. The summed E-state index contributed by atoms with van der Waals surface area (Å²) in [5.41, 5.74) is 6.31. The molecular formula is C12H20N6O2S. The molecule has 21 heavy (non-hydrogen) atoms. The highest BCUT2D eigenvalue weighted by molar-refractivity contribution is 8.06. The van der Waals surface area contributed by atoms with Crippen LogP contribution in [0.5, 0.6) is 0 Å². The van der Waals surface area contributed by atoms with Crippen LogP contribution in [-0.2, 0) is 7.05 Å². The Labute approximate surface area is 127 Å². The molecule has 0 unspecified atom stereocenters. The number of aromatic nitrogens is 2. The molecule has 0 aliphatic carbocycles. The second kappa shape index (κ2) is 7.43. The number of nitrogens with zero attached hydrogens (tertiary/aromatic N) is 4. The molecule has 0 spiro atoms. The molecule has 0 atom stereocenters. The van der Waals surface area contributed by atoms with Gasteiger partial charge in [0.05, 0.1) is 7.05 Å². The predicted octanol–water partition coefficient (Wildman–Crippen LogP) is 2.18. The highest BCUT2D eigenvalue weighted by Crippen LogP contribution is 2.32. The summed E-state index contributed by atoms with van der Waals surface area (Å²) in [5, 5.41) is 10.8. The van der Waals surface area contributed by atoms with Gasteiger partial charge in [-0.3, -0.25) is 0 Å². The molecule has 2 heterocycles. The van der Waals surface area contributed by atoms with Crippen molar-refractivity contribution in [3.05, 3.63) is 28.3 Å². The summed E-state index contributed by atoms with van der Waals surface area (Å²) in [6.45, 7) is 3.08. The summed E-state index contributed by atoms with van der Waals surface area (Å²) in [6.07, 6.45) is 7.88. The van der Waals surface area contributed by atoms with Crippen LogP contribution in [0.25, 0.3) is 4.91 Å². The molecule has 8 nitrogen and oxygen atoms in total. The summed E-state index contributed by atoms with van der Waals surface area (Å²) < 4.78 is 3.27. The van der Waals surface area contributed by atoms with Crippen molar-refractivity contribution in [1.29, 1.82) is 0 Å². The van der Waals surface area contributed by atoms with E-state index < -0.39 is 4.92 Å². The Bertz CT molecular complexity index is 530. The van der Waals surface area contributed by atoms with E-state index >= 15 is 0 Å². The van der Waals surface area contributed by atoms with Gasteiger partial charge in [0.15, 0.2) is 0 Å². The fourth-order valence-corrected chi connectivity index (χ4v) is 2.82. The average Bonchev–Trinajstić information content (AvgIpc) is 3.05. The zero-order chi connectivity index (χ0) is 15.2. The molecule has 0 saturated heterocycles. The molecule has 0 aromatic carbocycles. The van der Waals surface area contributed by atoms with Crippen molar-refractivity contribution in [2.75, 3.05) is 6.54 Å². The van der Waals surface area contributed by atoms with Gasteiger partial charge in [0.25, 0.3) is 0 Å². The highest BCUT2D eigenvalue weighted by atomic mass is 32.2. The molecule has 0 radical (unpaired) electrons. The second-order valence-electron chi connectivity index (χ2n) is 4.75. The van der Waals surface area contributed by atoms with E-state index in [4.69, 9.17) is 0 Å². The van der Waals surface area contributed by atoms with Crippen LogP contribution in [0.1, 0.15) is 38.4 Å². The summed E-state index contributed by atoms with van der Waals surface area (Å²) in [6, 6.07) is 0. The number of hydrogen-bond donors (Lipinski definition) is 2. The fraction of sp³-hybridized carbons (Fsp3) is 0.583. The molecule has 1 aliphatic rings. The van der Waals surface area contributed by atoms with Gasteiger partial charge >= 0.3 is 5.82 Å². The van der Waals surface area contributed by atoms with Gasteiger partial charge in [0, 0.05) is 24.7 Å². The smallest absolute Gasteiger partial charge is 0.342 e. The van der Waals surface area contributed by atoms with E-state index in [1.807, 2.05) is 0 Å². The minimum Gasteiger partial charge on any atom is -0.358 e. The monoisotopic (exact) mass is 312 g/mol. The Morgan fingerprint density at radius 1 is 1.48 bits per heavy atom. The van der Waals surface area contributed by atoms with Gasteiger partial charge in [-0.05, 0) is 11.3 Å². The first-order chi connectivity index (χ1) is 10.1. The van der Waals surface area contributed by atoms with E-state index in [9.17, 15) is 10.1 Å². The van der Waals surface area contributed by atoms with Gasteiger partial charge in [-0.1, -0.05) is 30.7 Å². The summed E-state index contributed by atoms with van der Waals surface area (Å²) in [5.74, 6) is 0.562. The van der Waals surface area contributed by atoms with Crippen molar-refractivity contribution in [3.8, 4) is 0 Å². The number of nitrogens with one attached hydrogen (secondary N) is 2. The van der Waals surface area contributed by atoms with Gasteiger partial charge < -0.3 is 15.5 Å². The van der Waals surface area contributed by atoms with Crippen molar-refractivity contribution in [1.82, 2.24) is 24.9 Å². The first kappa shape index (κ1) is 15.8. The van der Waals surface area contributed by atoms with E-state index in [0.717, 1.165) is 17.9 Å². The topological polar surface area (TPSA) is 88.3 Å². The minimum absolute atomic E-state index is 0.0162. The lowest BCUT2D eigenvalue weighted by atomic mass is 10.2. The number of hydrogen-bond acceptors (Lipinski definition) is 7. The Balaban J connectivity index is 1.83. The second-order valence-corrected chi connectivity index (χ2v) is 5.74. The average molecular weight is 312 g/mol. The van der Waals surface area contributed by atoms with Crippen molar-refractivity contribution >= 4 is 22.7 Å². The van der Waals surface area contributed by atoms with Gasteiger partial charge in [0.1, 0.15) is 11.1 Å².